The van der Waals surface area contributed by atoms with Gasteiger partial charge in [0.2, 0.25) is 24.0 Å². The molecular formula is C28H34N4O5. The van der Waals surface area contributed by atoms with E-state index in [9.17, 15) is 9.59 Å². The number of rotatable bonds is 6. The molecule has 0 spiro atoms. The Kier molecular flexibility index (Phi) is 8.43. The van der Waals surface area contributed by atoms with Crippen molar-refractivity contribution >= 4 is 18.0 Å². The van der Waals surface area contributed by atoms with E-state index in [0.29, 0.717) is 29.6 Å². The Hall–Kier alpha value is -3.88. The highest BCUT2D eigenvalue weighted by atomic mass is 16.5. The molecule has 0 radical (unpaired) electrons. The highest BCUT2D eigenvalue weighted by molar-refractivity contribution is 5.95. The van der Waals surface area contributed by atoms with Gasteiger partial charge in [0, 0.05) is 43.2 Å². The van der Waals surface area contributed by atoms with Crippen molar-refractivity contribution in [1.29, 1.82) is 0 Å². The molecule has 9 heteroatoms. The smallest absolute Gasteiger partial charge is 0.230 e. The first-order chi connectivity index (χ1) is 17.9. The Morgan fingerprint density at radius 3 is 2.35 bits per heavy atom. The van der Waals surface area contributed by atoms with E-state index in [0.717, 1.165) is 56.6 Å². The average molecular weight is 507 g/mol. The zero-order valence-electron chi connectivity index (χ0n) is 21.9. The highest BCUT2D eigenvalue weighted by Crippen LogP contribution is 2.33. The van der Waals surface area contributed by atoms with E-state index >= 15 is 0 Å². The Labute approximate surface area is 217 Å². The van der Waals surface area contributed by atoms with E-state index in [2.05, 4.69) is 36.1 Å². The number of aromatic nitrogens is 2. The number of carbonyl (C=O) groups excluding carboxylic acids is 2. The third-order valence-electron chi connectivity index (χ3n) is 6.99. The number of methoxy groups -OCH3 is 2. The van der Waals surface area contributed by atoms with Gasteiger partial charge in [-0.2, -0.15) is 4.98 Å². The molecule has 0 N–H and O–H groups in total. The van der Waals surface area contributed by atoms with Crippen LogP contribution in [0.2, 0.25) is 0 Å². The lowest BCUT2D eigenvalue weighted by atomic mass is 9.97. The largest absolute Gasteiger partial charge is 0.493 e. The Balaban J connectivity index is 0.000000195. The second-order valence-corrected chi connectivity index (χ2v) is 9.36. The lowest BCUT2D eigenvalue weighted by Crippen LogP contribution is -2.31. The molecule has 2 aromatic carbocycles. The van der Waals surface area contributed by atoms with Gasteiger partial charge in [-0.15, -0.1) is 0 Å². The molecule has 2 aliphatic rings. The van der Waals surface area contributed by atoms with Gasteiger partial charge >= 0.3 is 0 Å². The lowest BCUT2D eigenvalue weighted by molar-refractivity contribution is -0.119. The van der Waals surface area contributed by atoms with E-state index < -0.39 is 0 Å². The Bertz CT molecular complexity index is 1230. The molecule has 3 aromatic rings. The number of hydrogen-bond acceptors (Lipinski definition) is 7. The number of nitrogens with zero attached hydrogens (tertiary/aromatic N) is 4. The normalized spacial score (nSPS) is 15.8. The summed E-state index contributed by atoms with van der Waals surface area (Å²) in [4.78, 5) is 30.4. The molecule has 0 unspecified atom stereocenters. The van der Waals surface area contributed by atoms with Gasteiger partial charge in [-0.1, -0.05) is 11.2 Å². The standard InChI is InChI=1S/C16H19N3O4.C12H15NO/c1-21-13-4-3-12(9-14(13)22-2)15-17-16(23-18-15)11-5-7-19(10-20)8-6-11;1-9-5-6-11(8-10(9)2)13-7-3-4-12(13)14/h3-4,9-11H,5-8H2,1-2H3;5-6,8H,3-4,7H2,1-2H3. The molecule has 37 heavy (non-hydrogen) atoms. The van der Waals surface area contributed by atoms with Crippen LogP contribution in [0.15, 0.2) is 40.9 Å². The van der Waals surface area contributed by atoms with Gasteiger partial charge in [0.25, 0.3) is 0 Å². The lowest BCUT2D eigenvalue weighted by Gasteiger charge is -2.26. The number of anilines is 1. The predicted molar refractivity (Wildman–Crippen MR) is 140 cm³/mol. The minimum atomic E-state index is 0.201. The van der Waals surface area contributed by atoms with Crippen LogP contribution < -0.4 is 14.4 Å². The zero-order chi connectivity index (χ0) is 26.4. The van der Waals surface area contributed by atoms with E-state index in [-0.39, 0.29) is 11.8 Å². The van der Waals surface area contributed by atoms with E-state index in [1.807, 2.05) is 29.2 Å². The summed E-state index contributed by atoms with van der Waals surface area (Å²) in [5.74, 6) is 2.89. The molecule has 196 valence electrons. The fourth-order valence-corrected chi connectivity index (χ4v) is 4.56. The zero-order valence-corrected chi connectivity index (χ0v) is 21.9. The SMILES string of the molecule is COc1ccc(-c2noc(C3CCN(C=O)CC3)n2)cc1OC.Cc1ccc(N2CCCC2=O)cc1C. The van der Waals surface area contributed by atoms with Gasteiger partial charge in [0.05, 0.1) is 14.2 Å². The van der Waals surface area contributed by atoms with Crippen LogP contribution in [-0.2, 0) is 9.59 Å². The maximum absolute atomic E-state index is 11.5. The van der Waals surface area contributed by atoms with Crippen molar-refractivity contribution in [2.24, 2.45) is 0 Å². The summed E-state index contributed by atoms with van der Waals surface area (Å²) in [6.45, 7) is 6.50. The molecular weight excluding hydrogens is 472 g/mol. The van der Waals surface area contributed by atoms with E-state index in [1.54, 1.807) is 19.1 Å². The molecule has 9 nitrogen and oxygen atoms in total. The van der Waals surface area contributed by atoms with Crippen molar-refractivity contribution in [2.75, 3.05) is 38.8 Å². The summed E-state index contributed by atoms with van der Waals surface area (Å²) in [7, 11) is 3.18. The van der Waals surface area contributed by atoms with Gasteiger partial charge in [0.1, 0.15) is 0 Å². The third kappa shape index (κ3) is 6.10. The van der Waals surface area contributed by atoms with Crippen molar-refractivity contribution in [3.05, 3.63) is 53.4 Å². The molecule has 3 heterocycles. The summed E-state index contributed by atoms with van der Waals surface area (Å²) in [6.07, 6.45) is 4.26. The molecule has 2 saturated heterocycles. The van der Waals surface area contributed by atoms with Crippen molar-refractivity contribution in [3.8, 4) is 22.9 Å². The van der Waals surface area contributed by atoms with Crippen LogP contribution in [0.25, 0.3) is 11.4 Å². The minimum absolute atomic E-state index is 0.201. The highest BCUT2D eigenvalue weighted by Gasteiger charge is 2.25. The first-order valence-corrected chi connectivity index (χ1v) is 12.6. The number of benzene rings is 2. The Morgan fingerprint density at radius 2 is 1.73 bits per heavy atom. The molecule has 0 aliphatic carbocycles. The average Bonchev–Trinajstić information content (AvgIpc) is 3.60. The van der Waals surface area contributed by atoms with Crippen LogP contribution in [0.4, 0.5) is 5.69 Å². The van der Waals surface area contributed by atoms with Crippen LogP contribution >= 0.6 is 0 Å². The van der Waals surface area contributed by atoms with Crippen molar-refractivity contribution < 1.29 is 23.6 Å². The summed E-state index contributed by atoms with van der Waals surface area (Å²) in [6, 6.07) is 11.7. The second kappa shape index (κ2) is 11.9. The monoisotopic (exact) mass is 506 g/mol. The maximum atomic E-state index is 11.5. The van der Waals surface area contributed by atoms with Gasteiger partial charge in [0.15, 0.2) is 11.5 Å². The molecule has 2 fully saturated rings. The molecule has 2 aliphatic heterocycles. The van der Waals surface area contributed by atoms with Crippen molar-refractivity contribution in [2.45, 2.75) is 45.4 Å². The molecule has 1 aromatic heterocycles. The number of carbonyl (C=O) groups is 2. The Morgan fingerprint density at radius 1 is 0.973 bits per heavy atom. The summed E-state index contributed by atoms with van der Waals surface area (Å²) in [5, 5.41) is 4.07. The van der Waals surface area contributed by atoms with E-state index in [4.69, 9.17) is 14.0 Å². The molecule has 0 saturated carbocycles. The third-order valence-corrected chi connectivity index (χ3v) is 6.99. The molecule has 2 amide bonds. The fraction of sp³-hybridized carbons (Fsp3) is 0.429. The van der Waals surface area contributed by atoms with Crippen molar-refractivity contribution in [3.63, 3.8) is 0 Å². The van der Waals surface area contributed by atoms with Gasteiger partial charge in [-0.25, -0.2) is 0 Å². The fourth-order valence-electron chi connectivity index (χ4n) is 4.56. The summed E-state index contributed by atoms with van der Waals surface area (Å²) < 4.78 is 15.9. The number of hydrogen-bond donors (Lipinski definition) is 0. The summed E-state index contributed by atoms with van der Waals surface area (Å²) >= 11 is 0. The number of amides is 2. The number of ether oxygens (including phenoxy) is 2. The molecule has 0 bridgehead atoms. The number of aryl methyl sites for hydroxylation is 2. The molecule has 5 rings (SSSR count). The van der Waals surface area contributed by atoms with Gasteiger partial charge in [-0.3, -0.25) is 9.59 Å². The van der Waals surface area contributed by atoms with Gasteiger partial charge in [-0.05, 0) is 74.6 Å². The van der Waals surface area contributed by atoms with Crippen molar-refractivity contribution in [1.82, 2.24) is 15.0 Å². The second-order valence-electron chi connectivity index (χ2n) is 9.36. The number of piperidine rings is 1. The van der Waals surface area contributed by atoms with Crippen LogP contribution in [0, 0.1) is 13.8 Å². The summed E-state index contributed by atoms with van der Waals surface area (Å²) in [5.41, 5.74) is 4.39. The van der Waals surface area contributed by atoms with Crippen LogP contribution in [0.5, 0.6) is 11.5 Å². The first-order valence-electron chi connectivity index (χ1n) is 12.6. The van der Waals surface area contributed by atoms with Crippen LogP contribution in [0.1, 0.15) is 48.6 Å². The quantitative estimate of drug-likeness (QED) is 0.453. The maximum Gasteiger partial charge on any atom is 0.230 e. The molecule has 0 atom stereocenters. The first kappa shape index (κ1) is 26.2. The van der Waals surface area contributed by atoms with Crippen LogP contribution in [0.3, 0.4) is 0 Å². The number of likely N-dealkylation sites (tertiary alicyclic amines) is 1. The van der Waals surface area contributed by atoms with E-state index in [1.165, 1.54) is 11.1 Å². The van der Waals surface area contributed by atoms with Gasteiger partial charge < -0.3 is 23.8 Å². The minimum Gasteiger partial charge on any atom is -0.493 e. The van der Waals surface area contributed by atoms with Crippen LogP contribution in [-0.4, -0.2) is 61.2 Å². The topological polar surface area (TPSA) is 98.0 Å². The predicted octanol–water partition coefficient (Wildman–Crippen LogP) is 4.52.